The molecule has 0 spiro atoms. The van der Waals surface area contributed by atoms with Gasteiger partial charge in [0.2, 0.25) is 0 Å². The Morgan fingerprint density at radius 3 is 1.37 bits per heavy atom. The Hall–Kier alpha value is 0.274. The molecule has 0 bridgehead atoms. The second kappa shape index (κ2) is 8.54. The van der Waals surface area contributed by atoms with Crippen molar-refractivity contribution in [2.45, 2.75) is 72.5 Å². The first-order valence-electron chi connectivity index (χ1n) is 7.30. The van der Waals surface area contributed by atoms with Gasteiger partial charge in [0, 0.05) is 31.1 Å². The second-order valence-corrected chi connectivity index (χ2v) is 12.6. The molecule has 0 aliphatic heterocycles. The molecule has 0 aromatic carbocycles. The minimum absolute atomic E-state index is 0.164. The van der Waals surface area contributed by atoms with E-state index in [9.17, 15) is 0 Å². The number of rotatable bonds is 10. The molecule has 0 amide bonds. The highest BCUT2D eigenvalue weighted by Crippen LogP contribution is 2.26. The fraction of sp³-hybridized carbons (Fsp3) is 1.00. The van der Waals surface area contributed by atoms with E-state index in [0.717, 1.165) is 5.67 Å². The summed E-state index contributed by atoms with van der Waals surface area (Å²) in [6.07, 6.45) is 0.328. The van der Waals surface area contributed by atoms with Crippen LogP contribution < -0.4 is 0 Å². The summed E-state index contributed by atoms with van der Waals surface area (Å²) in [6, 6.07) is 0. The van der Waals surface area contributed by atoms with Gasteiger partial charge in [0.1, 0.15) is 0 Å². The highest BCUT2D eigenvalue weighted by molar-refractivity contribution is 6.84. The third-order valence-electron chi connectivity index (χ3n) is 2.51. The first-order chi connectivity index (χ1) is 8.66. The monoisotopic (exact) mass is 308 g/mol. The van der Waals surface area contributed by atoms with Crippen molar-refractivity contribution in [2.24, 2.45) is 0 Å². The minimum Gasteiger partial charge on any atom is -0.395 e. The summed E-state index contributed by atoms with van der Waals surface area (Å²) in [5.74, 6) is 0. The fourth-order valence-electron chi connectivity index (χ4n) is 2.45. The predicted octanol–water partition coefficient (Wildman–Crippen LogP) is 3.59. The Morgan fingerprint density at radius 2 is 1.11 bits per heavy atom. The molecule has 0 aliphatic carbocycles. The summed E-state index contributed by atoms with van der Waals surface area (Å²) < 4.78 is 24.1. The third kappa shape index (κ3) is 8.21. The highest BCUT2D eigenvalue weighted by Gasteiger charge is 2.46. The van der Waals surface area contributed by atoms with Gasteiger partial charge >= 0.3 is 17.1 Å². The Morgan fingerprint density at radius 1 is 0.737 bits per heavy atom. The summed E-state index contributed by atoms with van der Waals surface area (Å²) in [6.45, 7) is 17.8. The van der Waals surface area contributed by atoms with Gasteiger partial charge in [0.25, 0.3) is 0 Å². The normalized spacial score (nSPS) is 13.6. The van der Waals surface area contributed by atoms with Crippen LogP contribution >= 0.6 is 0 Å². The van der Waals surface area contributed by atoms with Gasteiger partial charge in [-0.3, -0.25) is 0 Å². The molecule has 0 aliphatic rings. The third-order valence-corrected chi connectivity index (χ3v) is 11.4. The van der Waals surface area contributed by atoms with E-state index in [0.29, 0.717) is 13.2 Å². The summed E-state index contributed by atoms with van der Waals surface area (Å²) in [5, 5.41) is 0. The molecule has 0 fully saturated rings. The molecule has 0 saturated carbocycles. The second-order valence-electron chi connectivity index (χ2n) is 5.64. The van der Waals surface area contributed by atoms with Crippen LogP contribution in [0.15, 0.2) is 0 Å². The first kappa shape index (κ1) is 19.3. The van der Waals surface area contributed by atoms with E-state index < -0.39 is 17.1 Å². The van der Waals surface area contributed by atoms with Gasteiger partial charge in [-0.2, -0.15) is 0 Å². The zero-order chi connectivity index (χ0) is 15.1. The average molecular weight is 309 g/mol. The van der Waals surface area contributed by atoms with Crippen molar-refractivity contribution in [3.05, 3.63) is 0 Å². The van der Waals surface area contributed by atoms with E-state index in [1.54, 1.807) is 0 Å². The maximum Gasteiger partial charge on any atom is 0.337 e. The van der Waals surface area contributed by atoms with Gasteiger partial charge in [-0.15, -0.1) is 0 Å². The maximum atomic E-state index is 6.13. The lowest BCUT2D eigenvalue weighted by Gasteiger charge is -2.36. The van der Waals surface area contributed by atoms with Gasteiger partial charge in [-0.05, 0) is 54.6 Å². The smallest absolute Gasteiger partial charge is 0.337 e. The number of hydrogen-bond acceptors (Lipinski definition) is 4. The van der Waals surface area contributed by atoms with Crippen molar-refractivity contribution in [3.8, 4) is 0 Å². The highest BCUT2D eigenvalue weighted by atomic mass is 28.4. The molecule has 0 aromatic rings. The van der Waals surface area contributed by atoms with Crippen LogP contribution in [0.4, 0.5) is 0 Å². The van der Waals surface area contributed by atoms with Crippen LogP contribution in [0.3, 0.4) is 0 Å². The predicted molar refractivity (Wildman–Crippen MR) is 83.7 cm³/mol. The molecule has 4 nitrogen and oxygen atoms in total. The van der Waals surface area contributed by atoms with Crippen molar-refractivity contribution >= 4 is 17.1 Å². The summed E-state index contributed by atoms with van der Waals surface area (Å²) in [5.41, 5.74) is 0.804. The lowest BCUT2D eigenvalue weighted by molar-refractivity contribution is 0.107. The molecule has 6 heteroatoms. The quantitative estimate of drug-likeness (QED) is 0.578. The molecule has 0 atom stereocenters. The topological polar surface area (TPSA) is 36.9 Å². The standard InChI is InChI=1S/C13H32O4Si2/c1-9-14-18(7,15-10-2)11-19(8,16-12(3)4)17-13(5)6/h12-13H,9-11H2,1-8H3. The molecular weight excluding hydrogens is 276 g/mol. The van der Waals surface area contributed by atoms with Gasteiger partial charge in [0.05, 0.1) is 0 Å². The number of hydrogen-bond donors (Lipinski definition) is 0. The van der Waals surface area contributed by atoms with Gasteiger partial charge < -0.3 is 17.7 Å². The van der Waals surface area contributed by atoms with Crippen LogP contribution in [-0.4, -0.2) is 42.5 Å². The SMILES string of the molecule is CCO[Si](C)(C[Si](C)(OC(C)C)OC(C)C)OCC. The van der Waals surface area contributed by atoms with Crippen molar-refractivity contribution in [2.75, 3.05) is 13.2 Å². The molecule has 0 unspecified atom stereocenters. The lowest BCUT2D eigenvalue weighted by atomic mass is 10.5. The Balaban J connectivity index is 4.93. The van der Waals surface area contributed by atoms with E-state index in [-0.39, 0.29) is 12.2 Å². The zero-order valence-corrected chi connectivity index (χ0v) is 15.9. The molecule has 0 radical (unpaired) electrons. The fourth-order valence-corrected chi connectivity index (χ4v) is 12.0. The minimum atomic E-state index is -2.27. The van der Waals surface area contributed by atoms with Crippen molar-refractivity contribution in [3.63, 3.8) is 0 Å². The largest absolute Gasteiger partial charge is 0.395 e. The maximum absolute atomic E-state index is 6.13. The molecule has 116 valence electrons. The van der Waals surface area contributed by atoms with E-state index >= 15 is 0 Å². The Labute approximate surface area is 121 Å². The Kier molecular flexibility index (Phi) is 8.66. The van der Waals surface area contributed by atoms with E-state index in [1.165, 1.54) is 0 Å². The zero-order valence-electron chi connectivity index (χ0n) is 13.9. The van der Waals surface area contributed by atoms with E-state index in [1.807, 2.05) is 13.8 Å². The van der Waals surface area contributed by atoms with Crippen LogP contribution in [0, 0.1) is 0 Å². The van der Waals surface area contributed by atoms with E-state index in [2.05, 4.69) is 40.8 Å². The molecule has 19 heavy (non-hydrogen) atoms. The van der Waals surface area contributed by atoms with Crippen LogP contribution in [-0.2, 0) is 17.7 Å². The average Bonchev–Trinajstić information content (AvgIpc) is 2.12. The summed E-state index contributed by atoms with van der Waals surface area (Å²) in [4.78, 5) is 0. The van der Waals surface area contributed by atoms with Gasteiger partial charge in [0.15, 0.2) is 0 Å². The summed E-state index contributed by atoms with van der Waals surface area (Å²) >= 11 is 0. The molecular formula is C13H32O4Si2. The molecule has 0 aromatic heterocycles. The molecule has 0 saturated heterocycles. The summed E-state index contributed by atoms with van der Waals surface area (Å²) in [7, 11) is -4.48. The van der Waals surface area contributed by atoms with Gasteiger partial charge in [-0.25, -0.2) is 0 Å². The van der Waals surface area contributed by atoms with Crippen LogP contribution in [0.1, 0.15) is 41.5 Å². The molecule has 0 N–H and O–H groups in total. The lowest BCUT2D eigenvalue weighted by Crippen LogP contribution is -2.53. The first-order valence-corrected chi connectivity index (χ1v) is 12.3. The van der Waals surface area contributed by atoms with Crippen molar-refractivity contribution in [1.82, 2.24) is 0 Å². The molecule has 0 rings (SSSR count). The molecule has 0 heterocycles. The van der Waals surface area contributed by atoms with Gasteiger partial charge in [-0.1, -0.05) is 0 Å². The van der Waals surface area contributed by atoms with Crippen LogP contribution in [0.25, 0.3) is 0 Å². The Bertz CT molecular complexity index is 231. The van der Waals surface area contributed by atoms with Crippen molar-refractivity contribution in [1.29, 1.82) is 0 Å². The van der Waals surface area contributed by atoms with E-state index in [4.69, 9.17) is 17.7 Å². The van der Waals surface area contributed by atoms with Crippen LogP contribution in [0.2, 0.25) is 18.8 Å². The van der Waals surface area contributed by atoms with Crippen LogP contribution in [0.5, 0.6) is 0 Å². The van der Waals surface area contributed by atoms with Crippen molar-refractivity contribution < 1.29 is 17.7 Å².